The van der Waals surface area contributed by atoms with Crippen molar-refractivity contribution in [3.05, 3.63) is 0 Å². The van der Waals surface area contributed by atoms with Crippen molar-refractivity contribution in [3.8, 4) is 0 Å². The summed E-state index contributed by atoms with van der Waals surface area (Å²) in [5.74, 6) is -5.51. The van der Waals surface area contributed by atoms with Gasteiger partial charge in [-0.1, -0.05) is 13.8 Å². The number of aliphatic carboxylic acids is 1. The van der Waals surface area contributed by atoms with E-state index < -0.39 is 66.3 Å². The molecule has 0 heterocycles. The molecule has 5 amide bonds. The lowest BCUT2D eigenvalue weighted by Crippen LogP contribution is -2.57. The van der Waals surface area contributed by atoms with Gasteiger partial charge in [0.2, 0.25) is 29.5 Å². The standard InChI is InChI=1S/C19H34N6O8/c1-9(2)7-13(19(32)33)25-18(31)12(4-6-15(22)28)24-17(30)11(3-5-14(21)27)23-16(29)10(20)8-26/h9-13,26H,3-8,20H2,1-2H3,(H2,21,27)(H2,22,28)(H,23,29)(H,24,30)(H,25,31)(H,32,33). The van der Waals surface area contributed by atoms with Gasteiger partial charge in [0, 0.05) is 12.8 Å². The molecule has 0 aromatic rings. The Balaban J connectivity index is 5.58. The zero-order valence-corrected chi connectivity index (χ0v) is 18.7. The van der Waals surface area contributed by atoms with E-state index in [1.165, 1.54) is 0 Å². The number of nitrogens with two attached hydrogens (primary N) is 3. The molecule has 0 aliphatic heterocycles. The molecule has 14 heteroatoms. The third kappa shape index (κ3) is 12.4. The van der Waals surface area contributed by atoms with Gasteiger partial charge in [0.15, 0.2) is 0 Å². The molecule has 0 fully saturated rings. The first-order valence-corrected chi connectivity index (χ1v) is 10.3. The molecule has 0 rings (SSSR count). The molecule has 188 valence electrons. The number of primary amides is 2. The van der Waals surface area contributed by atoms with Crippen LogP contribution >= 0.6 is 0 Å². The van der Waals surface area contributed by atoms with E-state index in [0.29, 0.717) is 0 Å². The Bertz CT molecular complexity index is 729. The number of carboxylic acid groups (broad SMARTS) is 1. The predicted octanol–water partition coefficient (Wildman–Crippen LogP) is -3.58. The highest BCUT2D eigenvalue weighted by Crippen LogP contribution is 2.07. The fourth-order valence-electron chi connectivity index (χ4n) is 2.71. The molecule has 33 heavy (non-hydrogen) atoms. The van der Waals surface area contributed by atoms with E-state index in [4.69, 9.17) is 22.3 Å². The van der Waals surface area contributed by atoms with E-state index in [1.54, 1.807) is 13.8 Å². The molecule has 0 aliphatic rings. The lowest BCUT2D eigenvalue weighted by molar-refractivity contribution is -0.143. The number of aliphatic hydroxyl groups is 1. The van der Waals surface area contributed by atoms with Crippen LogP contribution in [0.25, 0.3) is 0 Å². The molecule has 0 aliphatic carbocycles. The van der Waals surface area contributed by atoms with Gasteiger partial charge in [0.05, 0.1) is 6.61 Å². The summed E-state index contributed by atoms with van der Waals surface area (Å²) in [6.07, 6.45) is -0.948. The monoisotopic (exact) mass is 474 g/mol. The number of carbonyl (C=O) groups is 6. The molecule has 0 bridgehead atoms. The maximum absolute atomic E-state index is 12.8. The van der Waals surface area contributed by atoms with Crippen molar-refractivity contribution in [2.45, 2.75) is 70.1 Å². The molecular formula is C19H34N6O8. The van der Waals surface area contributed by atoms with Crippen molar-refractivity contribution in [1.29, 1.82) is 0 Å². The van der Waals surface area contributed by atoms with Crippen molar-refractivity contribution in [2.75, 3.05) is 6.61 Å². The molecule has 0 aromatic heterocycles. The minimum Gasteiger partial charge on any atom is -0.480 e. The number of amides is 5. The minimum atomic E-state index is -1.36. The summed E-state index contributed by atoms with van der Waals surface area (Å²) in [5, 5.41) is 25.2. The van der Waals surface area contributed by atoms with Crippen LogP contribution in [0, 0.1) is 5.92 Å². The van der Waals surface area contributed by atoms with E-state index in [9.17, 15) is 33.9 Å². The Morgan fingerprint density at radius 2 is 1.15 bits per heavy atom. The molecule has 0 aromatic carbocycles. The zero-order valence-electron chi connectivity index (χ0n) is 18.7. The second kappa shape index (κ2) is 14.7. The van der Waals surface area contributed by atoms with Gasteiger partial charge in [-0.25, -0.2) is 4.79 Å². The topological polar surface area (TPSA) is 257 Å². The molecule has 4 atom stereocenters. The number of hydrogen-bond donors (Lipinski definition) is 8. The van der Waals surface area contributed by atoms with Crippen LogP contribution in [0.15, 0.2) is 0 Å². The van der Waals surface area contributed by atoms with Crippen LogP contribution in [0.4, 0.5) is 0 Å². The van der Waals surface area contributed by atoms with E-state index in [-0.39, 0.29) is 38.0 Å². The third-order valence-corrected chi connectivity index (χ3v) is 4.48. The van der Waals surface area contributed by atoms with Gasteiger partial charge in [-0.2, -0.15) is 0 Å². The molecular weight excluding hydrogens is 440 g/mol. The van der Waals surface area contributed by atoms with Crippen LogP contribution in [0.5, 0.6) is 0 Å². The second-order valence-corrected chi connectivity index (χ2v) is 7.95. The first-order chi connectivity index (χ1) is 15.3. The number of nitrogens with one attached hydrogen (secondary N) is 3. The van der Waals surface area contributed by atoms with Crippen molar-refractivity contribution in [1.82, 2.24) is 16.0 Å². The average Bonchev–Trinajstić information content (AvgIpc) is 2.71. The van der Waals surface area contributed by atoms with Gasteiger partial charge in [-0.05, 0) is 25.2 Å². The van der Waals surface area contributed by atoms with Crippen LogP contribution < -0.4 is 33.2 Å². The minimum absolute atomic E-state index is 0.0609. The summed E-state index contributed by atoms with van der Waals surface area (Å²) in [7, 11) is 0. The lowest BCUT2D eigenvalue weighted by atomic mass is 10.0. The Morgan fingerprint density at radius 3 is 1.48 bits per heavy atom. The molecule has 14 nitrogen and oxygen atoms in total. The van der Waals surface area contributed by atoms with Gasteiger partial charge < -0.3 is 43.4 Å². The fourth-order valence-corrected chi connectivity index (χ4v) is 2.71. The second-order valence-electron chi connectivity index (χ2n) is 7.95. The smallest absolute Gasteiger partial charge is 0.326 e. The summed E-state index contributed by atoms with van der Waals surface area (Å²) in [6, 6.07) is -5.29. The highest BCUT2D eigenvalue weighted by molar-refractivity contribution is 5.94. The van der Waals surface area contributed by atoms with Gasteiger partial charge in [0.25, 0.3) is 0 Å². The molecule has 11 N–H and O–H groups in total. The summed E-state index contributed by atoms with van der Waals surface area (Å²) < 4.78 is 0. The third-order valence-electron chi connectivity index (χ3n) is 4.48. The number of rotatable bonds is 16. The number of aliphatic hydroxyl groups excluding tert-OH is 1. The number of carboxylic acids is 1. The van der Waals surface area contributed by atoms with Gasteiger partial charge >= 0.3 is 5.97 Å². The Kier molecular flexibility index (Phi) is 13.3. The molecule has 4 unspecified atom stereocenters. The largest absolute Gasteiger partial charge is 0.480 e. The van der Waals surface area contributed by atoms with Gasteiger partial charge in [-0.15, -0.1) is 0 Å². The molecule has 0 saturated carbocycles. The summed E-state index contributed by atoms with van der Waals surface area (Å²) in [4.78, 5) is 71.2. The van der Waals surface area contributed by atoms with Crippen molar-refractivity contribution in [3.63, 3.8) is 0 Å². The summed E-state index contributed by atoms with van der Waals surface area (Å²) in [5.41, 5.74) is 15.6. The number of carbonyl (C=O) groups excluding carboxylic acids is 5. The maximum atomic E-state index is 12.8. The van der Waals surface area contributed by atoms with E-state index in [0.717, 1.165) is 0 Å². The summed E-state index contributed by atoms with van der Waals surface area (Å²) in [6.45, 7) is 2.82. The first kappa shape index (κ1) is 29.7. The molecule has 0 spiro atoms. The predicted molar refractivity (Wildman–Crippen MR) is 115 cm³/mol. The van der Waals surface area contributed by atoms with E-state index >= 15 is 0 Å². The number of hydrogen-bond acceptors (Lipinski definition) is 8. The van der Waals surface area contributed by atoms with Crippen LogP contribution in [-0.4, -0.2) is 76.5 Å². The lowest BCUT2D eigenvalue weighted by Gasteiger charge is -2.25. The average molecular weight is 475 g/mol. The van der Waals surface area contributed by atoms with Crippen LogP contribution in [0.2, 0.25) is 0 Å². The van der Waals surface area contributed by atoms with Crippen molar-refractivity contribution in [2.24, 2.45) is 23.1 Å². The zero-order chi connectivity index (χ0) is 25.7. The molecule has 0 saturated heterocycles. The Hall–Kier alpha value is -3.26. The van der Waals surface area contributed by atoms with Gasteiger partial charge in [0.1, 0.15) is 24.2 Å². The highest BCUT2D eigenvalue weighted by atomic mass is 16.4. The highest BCUT2D eigenvalue weighted by Gasteiger charge is 2.30. The van der Waals surface area contributed by atoms with Crippen LogP contribution in [0.1, 0.15) is 46.0 Å². The first-order valence-electron chi connectivity index (χ1n) is 10.3. The van der Waals surface area contributed by atoms with Crippen LogP contribution in [-0.2, 0) is 28.8 Å². The van der Waals surface area contributed by atoms with E-state index in [1.807, 2.05) is 0 Å². The fraction of sp³-hybridized carbons (Fsp3) is 0.684. The normalized spacial score (nSPS) is 14.5. The maximum Gasteiger partial charge on any atom is 0.326 e. The van der Waals surface area contributed by atoms with Gasteiger partial charge in [-0.3, -0.25) is 24.0 Å². The van der Waals surface area contributed by atoms with Crippen LogP contribution in [0.3, 0.4) is 0 Å². The SMILES string of the molecule is CC(C)CC(NC(=O)C(CCC(N)=O)NC(=O)C(CCC(N)=O)NC(=O)C(N)CO)C(=O)O. The summed E-state index contributed by atoms with van der Waals surface area (Å²) >= 11 is 0. The van der Waals surface area contributed by atoms with E-state index in [2.05, 4.69) is 16.0 Å². The Morgan fingerprint density at radius 1 is 0.758 bits per heavy atom. The van der Waals surface area contributed by atoms with Crippen molar-refractivity contribution < 1.29 is 39.0 Å². The van der Waals surface area contributed by atoms with Crippen molar-refractivity contribution >= 4 is 35.5 Å². The Labute approximate surface area is 191 Å². The molecule has 0 radical (unpaired) electrons. The quantitative estimate of drug-likeness (QED) is 0.110.